The van der Waals surface area contributed by atoms with Crippen molar-refractivity contribution in [2.45, 2.75) is 76.8 Å². The summed E-state index contributed by atoms with van der Waals surface area (Å²) in [5.41, 5.74) is 3.77. The molecule has 6 rings (SSSR count). The van der Waals surface area contributed by atoms with E-state index >= 15 is 0 Å². The predicted octanol–water partition coefficient (Wildman–Crippen LogP) is 6.28. The molecular formula is C27H27F3N6O. The summed E-state index contributed by atoms with van der Waals surface area (Å²) < 4.78 is 47.8. The molecule has 3 atom stereocenters. The fourth-order valence-electron chi connectivity index (χ4n) is 4.96. The fourth-order valence-corrected chi connectivity index (χ4v) is 4.96. The molecule has 4 heterocycles. The Morgan fingerprint density at radius 3 is 2.38 bits per heavy atom. The smallest absolute Gasteiger partial charge is 0.370 e. The van der Waals surface area contributed by atoms with Gasteiger partial charge in [-0.25, -0.2) is 19.9 Å². The van der Waals surface area contributed by atoms with Crippen LogP contribution in [0.2, 0.25) is 0 Å². The number of rotatable bonds is 4. The van der Waals surface area contributed by atoms with Gasteiger partial charge in [-0.2, -0.15) is 18.3 Å². The summed E-state index contributed by atoms with van der Waals surface area (Å²) in [5.74, 6) is 0.591. The van der Waals surface area contributed by atoms with E-state index in [1.807, 2.05) is 31.6 Å². The van der Waals surface area contributed by atoms with E-state index in [1.165, 1.54) is 12.1 Å². The van der Waals surface area contributed by atoms with Crippen LogP contribution in [0.5, 0.6) is 0 Å². The number of aryl methyl sites for hydroxylation is 2. The minimum absolute atomic E-state index is 0.0148. The van der Waals surface area contributed by atoms with E-state index in [-0.39, 0.29) is 18.1 Å². The topological polar surface area (TPSA) is 78.6 Å². The normalized spacial score (nSPS) is 22.5. The summed E-state index contributed by atoms with van der Waals surface area (Å²) in [6.07, 6.45) is 3.10. The van der Waals surface area contributed by atoms with Gasteiger partial charge in [-0.05, 0) is 58.6 Å². The maximum absolute atomic E-state index is 13.2. The number of nitrogens with zero attached hydrogens (tertiary/aromatic N) is 6. The Morgan fingerprint density at radius 2 is 1.68 bits per heavy atom. The molecule has 192 valence electrons. The van der Waals surface area contributed by atoms with Crippen molar-refractivity contribution in [3.63, 3.8) is 0 Å². The molecule has 1 aliphatic heterocycles. The standard InChI is InChI=1S/C27H27F3N6O/c1-14-10-18(11-22(37-14)19-12-31-36(13-19)21-8-9-21)25-34-23(17-4-6-20(7-5-17)27(28,29)30)24-26(35-25)33-16(3)15(2)32-24/h4-7,12-14,18,21-22H,8-11H2,1-3H3/t14-,18-,22+/m0/s1. The predicted molar refractivity (Wildman–Crippen MR) is 131 cm³/mol. The molecule has 0 unspecified atom stereocenters. The van der Waals surface area contributed by atoms with Crippen LogP contribution in [0.25, 0.3) is 22.4 Å². The lowest BCUT2D eigenvalue weighted by Crippen LogP contribution is -2.26. The Morgan fingerprint density at radius 1 is 0.946 bits per heavy atom. The van der Waals surface area contributed by atoms with Crippen molar-refractivity contribution in [1.82, 2.24) is 29.7 Å². The molecule has 1 saturated heterocycles. The van der Waals surface area contributed by atoms with E-state index < -0.39 is 11.7 Å². The zero-order valence-electron chi connectivity index (χ0n) is 20.8. The van der Waals surface area contributed by atoms with Crippen LogP contribution in [0, 0.1) is 13.8 Å². The lowest BCUT2D eigenvalue weighted by Gasteiger charge is -2.33. The molecule has 1 saturated carbocycles. The second-order valence-electron chi connectivity index (χ2n) is 10.2. The molecule has 1 aromatic carbocycles. The Labute approximate surface area is 212 Å². The minimum atomic E-state index is -4.41. The molecule has 0 spiro atoms. The van der Waals surface area contributed by atoms with Gasteiger partial charge in [0, 0.05) is 23.2 Å². The van der Waals surface area contributed by atoms with Crippen LogP contribution >= 0.6 is 0 Å². The first kappa shape index (κ1) is 24.0. The summed E-state index contributed by atoms with van der Waals surface area (Å²) >= 11 is 0. The van der Waals surface area contributed by atoms with Crippen molar-refractivity contribution in [1.29, 1.82) is 0 Å². The van der Waals surface area contributed by atoms with Gasteiger partial charge in [0.25, 0.3) is 0 Å². The van der Waals surface area contributed by atoms with Crippen LogP contribution in [0.4, 0.5) is 13.2 Å². The number of ether oxygens (including phenoxy) is 1. The SMILES string of the molecule is Cc1nc2nc([C@H]3C[C@H](C)O[C@@H](c4cnn(C5CC5)c4)C3)nc(-c3ccc(C(F)(F)F)cc3)c2nc1C. The van der Waals surface area contributed by atoms with Crippen LogP contribution in [0.15, 0.2) is 36.7 Å². The van der Waals surface area contributed by atoms with E-state index in [1.54, 1.807) is 0 Å². The van der Waals surface area contributed by atoms with Gasteiger partial charge in [0.15, 0.2) is 5.65 Å². The number of hydrogen-bond donors (Lipinski definition) is 0. The maximum atomic E-state index is 13.2. The van der Waals surface area contributed by atoms with Crippen molar-refractivity contribution in [3.8, 4) is 11.3 Å². The summed E-state index contributed by atoms with van der Waals surface area (Å²) in [5, 5.41) is 4.52. The quantitative estimate of drug-likeness (QED) is 0.323. The molecule has 0 N–H and O–H groups in total. The third-order valence-electron chi connectivity index (χ3n) is 7.24. The number of fused-ring (bicyclic) bond motifs is 1. The third-order valence-corrected chi connectivity index (χ3v) is 7.24. The van der Waals surface area contributed by atoms with Crippen LogP contribution < -0.4 is 0 Å². The average molecular weight is 509 g/mol. The number of hydrogen-bond acceptors (Lipinski definition) is 6. The van der Waals surface area contributed by atoms with E-state index in [0.717, 1.165) is 48.3 Å². The van der Waals surface area contributed by atoms with Crippen molar-refractivity contribution in [3.05, 3.63) is 65.0 Å². The van der Waals surface area contributed by atoms with Gasteiger partial charge in [0.2, 0.25) is 0 Å². The van der Waals surface area contributed by atoms with E-state index in [9.17, 15) is 13.2 Å². The first-order valence-electron chi connectivity index (χ1n) is 12.6. The first-order valence-corrected chi connectivity index (χ1v) is 12.6. The molecule has 2 fully saturated rings. The van der Waals surface area contributed by atoms with Crippen molar-refractivity contribution in [2.24, 2.45) is 0 Å². The molecule has 0 amide bonds. The molecule has 2 aliphatic rings. The highest BCUT2D eigenvalue weighted by molar-refractivity contribution is 5.87. The van der Waals surface area contributed by atoms with Gasteiger partial charge in [-0.1, -0.05) is 12.1 Å². The molecule has 10 heteroatoms. The minimum Gasteiger partial charge on any atom is -0.370 e. The highest BCUT2D eigenvalue weighted by Gasteiger charge is 2.34. The molecule has 0 bridgehead atoms. The average Bonchev–Trinajstić information content (AvgIpc) is 3.59. The monoisotopic (exact) mass is 508 g/mol. The highest BCUT2D eigenvalue weighted by atomic mass is 19.4. The summed E-state index contributed by atoms with van der Waals surface area (Å²) in [7, 11) is 0. The molecule has 1 aliphatic carbocycles. The number of benzene rings is 1. The third kappa shape index (κ3) is 4.70. The van der Waals surface area contributed by atoms with Crippen molar-refractivity contribution in [2.75, 3.05) is 0 Å². The maximum Gasteiger partial charge on any atom is 0.416 e. The molecule has 37 heavy (non-hydrogen) atoms. The Kier molecular flexibility index (Phi) is 5.74. The summed E-state index contributed by atoms with van der Waals surface area (Å²) in [6.45, 7) is 5.75. The van der Waals surface area contributed by atoms with Crippen molar-refractivity contribution >= 4 is 11.2 Å². The van der Waals surface area contributed by atoms with E-state index in [0.29, 0.717) is 40.7 Å². The lowest BCUT2D eigenvalue weighted by molar-refractivity contribution is -0.137. The number of aromatic nitrogens is 6. The Balaban J connectivity index is 1.40. The van der Waals surface area contributed by atoms with Gasteiger partial charge in [-0.3, -0.25) is 4.68 Å². The fraction of sp³-hybridized carbons (Fsp3) is 0.444. The second-order valence-corrected chi connectivity index (χ2v) is 10.2. The van der Waals surface area contributed by atoms with Crippen LogP contribution in [-0.4, -0.2) is 35.8 Å². The van der Waals surface area contributed by atoms with E-state index in [4.69, 9.17) is 14.7 Å². The second kappa shape index (κ2) is 8.86. The zero-order chi connectivity index (χ0) is 25.9. The van der Waals surface area contributed by atoms with Gasteiger partial charge in [0.1, 0.15) is 17.0 Å². The Bertz CT molecular complexity index is 1460. The first-order chi connectivity index (χ1) is 17.7. The molecular weight excluding hydrogens is 481 g/mol. The van der Waals surface area contributed by atoms with Gasteiger partial charge < -0.3 is 4.74 Å². The van der Waals surface area contributed by atoms with E-state index in [2.05, 4.69) is 21.3 Å². The molecule has 4 aromatic rings. The largest absolute Gasteiger partial charge is 0.416 e. The zero-order valence-corrected chi connectivity index (χ0v) is 20.8. The van der Waals surface area contributed by atoms with Crippen LogP contribution in [0.1, 0.15) is 79.0 Å². The number of alkyl halides is 3. The number of halogens is 3. The molecule has 0 radical (unpaired) electrons. The Hall–Kier alpha value is -3.40. The summed E-state index contributed by atoms with van der Waals surface area (Å²) in [6, 6.07) is 5.51. The summed E-state index contributed by atoms with van der Waals surface area (Å²) in [4.78, 5) is 19.0. The molecule has 7 nitrogen and oxygen atoms in total. The molecule has 3 aromatic heterocycles. The van der Waals surface area contributed by atoms with Gasteiger partial charge in [-0.15, -0.1) is 0 Å². The highest BCUT2D eigenvalue weighted by Crippen LogP contribution is 2.41. The van der Waals surface area contributed by atoms with Crippen molar-refractivity contribution < 1.29 is 17.9 Å². The van der Waals surface area contributed by atoms with Crippen LogP contribution in [-0.2, 0) is 10.9 Å². The van der Waals surface area contributed by atoms with Gasteiger partial charge in [0.05, 0.1) is 41.4 Å². The van der Waals surface area contributed by atoms with Gasteiger partial charge >= 0.3 is 6.18 Å². The van der Waals surface area contributed by atoms with Crippen LogP contribution in [0.3, 0.4) is 0 Å². The lowest BCUT2D eigenvalue weighted by atomic mass is 9.89.